The minimum Gasteiger partial charge on any atom is -0.451 e. The Balaban J connectivity index is 2.00. The second-order valence-electron chi connectivity index (χ2n) is 4.42. The maximum atomic E-state index is 12.0. The molecule has 0 N–H and O–H groups in total. The zero-order valence-electron chi connectivity index (χ0n) is 11.1. The average Bonchev–Trinajstić information content (AvgIpc) is 2.82. The molecule has 1 aromatic carbocycles. The average molecular weight is 337 g/mol. The lowest BCUT2D eigenvalue weighted by molar-refractivity contribution is 0.0442. The van der Waals surface area contributed by atoms with Gasteiger partial charge in [-0.2, -0.15) is 0 Å². The number of benzene rings is 1. The molecule has 0 aliphatic carbocycles. The fraction of sp³-hybridized carbons (Fsp3) is 0.200. The Morgan fingerprint density at radius 2 is 1.95 bits per heavy atom. The lowest BCUT2D eigenvalue weighted by Gasteiger charge is -2.06. The minimum absolute atomic E-state index is 0.0605. The van der Waals surface area contributed by atoms with Crippen molar-refractivity contribution < 1.29 is 18.7 Å². The third kappa shape index (κ3) is 3.36. The molecule has 0 fully saturated rings. The molecular weight excluding hydrogens is 324 g/mol. The number of ketones is 1. The molecule has 0 spiro atoms. The van der Waals surface area contributed by atoms with Gasteiger partial charge in [0.1, 0.15) is 0 Å². The van der Waals surface area contributed by atoms with Gasteiger partial charge in [0.05, 0.1) is 0 Å². The Morgan fingerprint density at radius 3 is 2.55 bits per heavy atom. The highest BCUT2D eigenvalue weighted by atomic mass is 79.9. The van der Waals surface area contributed by atoms with Crippen LogP contribution in [0, 0.1) is 13.8 Å². The number of Topliss-reactive ketones (excluding diaryl/α,β-unsaturated/α-hetero) is 1. The van der Waals surface area contributed by atoms with Gasteiger partial charge in [0.25, 0.3) is 0 Å². The molecule has 0 atom stereocenters. The highest BCUT2D eigenvalue weighted by molar-refractivity contribution is 9.10. The van der Waals surface area contributed by atoms with Crippen LogP contribution in [0.1, 0.15) is 32.0 Å². The van der Waals surface area contributed by atoms with Crippen LogP contribution in [-0.4, -0.2) is 18.4 Å². The van der Waals surface area contributed by atoms with Crippen molar-refractivity contribution >= 4 is 27.7 Å². The number of carbonyl (C=O) groups is 2. The van der Waals surface area contributed by atoms with Crippen LogP contribution in [0.2, 0.25) is 0 Å². The van der Waals surface area contributed by atoms with Crippen LogP contribution in [0.15, 0.2) is 39.4 Å². The summed E-state index contributed by atoms with van der Waals surface area (Å²) in [6.45, 7) is 3.50. The zero-order valence-corrected chi connectivity index (χ0v) is 12.7. The normalized spacial score (nSPS) is 10.3. The van der Waals surface area contributed by atoms with Gasteiger partial charge in [-0.15, -0.1) is 0 Å². The molecule has 0 bridgehead atoms. The maximum Gasteiger partial charge on any atom is 0.374 e. The first-order valence-corrected chi connectivity index (χ1v) is 6.79. The predicted octanol–water partition coefficient (Wildman–Crippen LogP) is 3.70. The van der Waals surface area contributed by atoms with E-state index >= 15 is 0 Å². The molecule has 5 heteroatoms. The van der Waals surface area contributed by atoms with Crippen molar-refractivity contribution in [3.05, 3.63) is 57.5 Å². The Morgan fingerprint density at radius 1 is 1.20 bits per heavy atom. The molecule has 1 heterocycles. The van der Waals surface area contributed by atoms with Gasteiger partial charge >= 0.3 is 5.97 Å². The summed E-state index contributed by atoms with van der Waals surface area (Å²) < 4.78 is 10.4. The van der Waals surface area contributed by atoms with Crippen LogP contribution < -0.4 is 0 Å². The largest absolute Gasteiger partial charge is 0.451 e. The number of carbonyl (C=O) groups excluding carboxylic acids is 2. The van der Waals surface area contributed by atoms with E-state index < -0.39 is 5.97 Å². The highest BCUT2D eigenvalue weighted by Crippen LogP contribution is 2.15. The summed E-state index contributed by atoms with van der Waals surface area (Å²) >= 11 is 3.09. The zero-order chi connectivity index (χ0) is 14.7. The highest BCUT2D eigenvalue weighted by Gasteiger charge is 2.16. The molecule has 0 saturated carbocycles. The number of halogens is 1. The molecule has 2 rings (SSSR count). The second kappa shape index (κ2) is 6.05. The third-order valence-corrected chi connectivity index (χ3v) is 3.22. The summed E-state index contributed by atoms with van der Waals surface area (Å²) in [5.41, 5.74) is 2.51. The van der Waals surface area contributed by atoms with Crippen LogP contribution in [0.3, 0.4) is 0 Å². The molecule has 0 radical (unpaired) electrons. The first kappa shape index (κ1) is 14.5. The topological polar surface area (TPSA) is 56.5 Å². The van der Waals surface area contributed by atoms with Gasteiger partial charge in [0.2, 0.25) is 11.5 Å². The summed E-state index contributed by atoms with van der Waals surface area (Å²) in [5, 5.41) is 0. The van der Waals surface area contributed by atoms with Crippen molar-refractivity contribution in [3.8, 4) is 0 Å². The van der Waals surface area contributed by atoms with Crippen molar-refractivity contribution in [2.24, 2.45) is 0 Å². The number of ether oxygens (including phenoxy) is 1. The fourth-order valence-electron chi connectivity index (χ4n) is 1.83. The molecule has 0 aliphatic heterocycles. The molecule has 0 unspecified atom stereocenters. The van der Waals surface area contributed by atoms with Gasteiger partial charge in [-0.1, -0.05) is 23.8 Å². The van der Waals surface area contributed by atoms with Gasteiger partial charge in [0.15, 0.2) is 11.3 Å². The third-order valence-electron chi connectivity index (χ3n) is 2.79. The van der Waals surface area contributed by atoms with Gasteiger partial charge in [0, 0.05) is 5.56 Å². The minimum atomic E-state index is -0.659. The van der Waals surface area contributed by atoms with E-state index in [1.165, 1.54) is 6.07 Å². The summed E-state index contributed by atoms with van der Waals surface area (Å²) in [5.74, 6) is -0.833. The Hall–Kier alpha value is -1.88. The van der Waals surface area contributed by atoms with E-state index in [-0.39, 0.29) is 18.2 Å². The van der Waals surface area contributed by atoms with Crippen LogP contribution in [0.25, 0.3) is 0 Å². The second-order valence-corrected chi connectivity index (χ2v) is 5.20. The molecule has 20 heavy (non-hydrogen) atoms. The van der Waals surface area contributed by atoms with Crippen molar-refractivity contribution in [1.82, 2.24) is 0 Å². The van der Waals surface area contributed by atoms with Crippen LogP contribution in [0.5, 0.6) is 0 Å². The maximum absolute atomic E-state index is 12.0. The van der Waals surface area contributed by atoms with E-state index in [0.717, 1.165) is 11.1 Å². The quantitative estimate of drug-likeness (QED) is 0.631. The fourth-order valence-corrected chi connectivity index (χ4v) is 2.14. The Bertz CT molecular complexity index is 658. The van der Waals surface area contributed by atoms with Gasteiger partial charge in [-0.25, -0.2) is 4.79 Å². The molecule has 0 aliphatic rings. The monoisotopic (exact) mass is 336 g/mol. The van der Waals surface area contributed by atoms with Gasteiger partial charge in [-0.3, -0.25) is 4.79 Å². The molecule has 2 aromatic rings. The van der Waals surface area contributed by atoms with Crippen molar-refractivity contribution in [2.75, 3.05) is 6.61 Å². The first-order valence-electron chi connectivity index (χ1n) is 6.00. The SMILES string of the molecule is Cc1ccc(C(=O)COC(=O)c2ccc(Br)o2)c(C)c1. The molecule has 104 valence electrons. The van der Waals surface area contributed by atoms with Crippen LogP contribution >= 0.6 is 15.9 Å². The number of hydrogen-bond acceptors (Lipinski definition) is 4. The smallest absolute Gasteiger partial charge is 0.374 e. The number of aryl methyl sites for hydroxylation is 2. The molecule has 0 amide bonds. The lowest BCUT2D eigenvalue weighted by atomic mass is 10.0. The van der Waals surface area contributed by atoms with E-state index in [9.17, 15) is 9.59 Å². The van der Waals surface area contributed by atoms with E-state index in [0.29, 0.717) is 10.2 Å². The van der Waals surface area contributed by atoms with Crippen molar-refractivity contribution in [1.29, 1.82) is 0 Å². The van der Waals surface area contributed by atoms with E-state index in [4.69, 9.17) is 9.15 Å². The lowest BCUT2D eigenvalue weighted by Crippen LogP contribution is -2.14. The Kier molecular flexibility index (Phi) is 4.39. The summed E-state index contributed by atoms with van der Waals surface area (Å²) in [7, 11) is 0. The molecule has 0 saturated heterocycles. The summed E-state index contributed by atoms with van der Waals surface area (Å²) in [6, 6.07) is 8.57. The number of rotatable bonds is 4. The van der Waals surface area contributed by atoms with Crippen molar-refractivity contribution in [2.45, 2.75) is 13.8 Å². The van der Waals surface area contributed by atoms with Gasteiger partial charge < -0.3 is 9.15 Å². The van der Waals surface area contributed by atoms with Crippen molar-refractivity contribution in [3.63, 3.8) is 0 Å². The Labute approximate surface area is 124 Å². The van der Waals surface area contributed by atoms with Crippen LogP contribution in [-0.2, 0) is 4.74 Å². The standard InChI is InChI=1S/C15H13BrO4/c1-9-3-4-11(10(2)7-9)12(17)8-19-15(18)13-5-6-14(16)20-13/h3-7H,8H2,1-2H3. The summed E-state index contributed by atoms with van der Waals surface area (Å²) in [4.78, 5) is 23.6. The number of hydrogen-bond donors (Lipinski definition) is 0. The van der Waals surface area contributed by atoms with E-state index in [1.807, 2.05) is 26.0 Å². The number of esters is 1. The molecule has 1 aromatic heterocycles. The molecular formula is C15H13BrO4. The van der Waals surface area contributed by atoms with Gasteiger partial charge in [-0.05, 0) is 47.5 Å². The van der Waals surface area contributed by atoms with Crippen LogP contribution in [0.4, 0.5) is 0 Å². The predicted molar refractivity (Wildman–Crippen MR) is 76.9 cm³/mol. The van der Waals surface area contributed by atoms with E-state index in [2.05, 4.69) is 15.9 Å². The number of furan rings is 1. The molecule has 4 nitrogen and oxygen atoms in total. The first-order chi connectivity index (χ1) is 9.47. The summed E-state index contributed by atoms with van der Waals surface area (Å²) in [6.07, 6.45) is 0. The van der Waals surface area contributed by atoms with E-state index in [1.54, 1.807) is 12.1 Å².